The summed E-state index contributed by atoms with van der Waals surface area (Å²) in [6.45, 7) is 2.00. The summed E-state index contributed by atoms with van der Waals surface area (Å²) in [5.41, 5.74) is 0. The number of fused-ring (bicyclic) bond motifs is 1. The number of rotatable bonds is 4. The van der Waals surface area contributed by atoms with E-state index in [1.807, 2.05) is 41.3 Å². The van der Waals surface area contributed by atoms with Crippen molar-refractivity contribution >= 4 is 16.7 Å². The monoisotopic (exact) mass is 341 g/mol. The fraction of sp³-hybridized carbons (Fsp3) is 0.450. The summed E-state index contributed by atoms with van der Waals surface area (Å²) in [7, 11) is 0. The zero-order chi connectivity index (χ0) is 17.1. The number of carbonyl (C=O) groups is 1. The summed E-state index contributed by atoms with van der Waals surface area (Å²) in [5.74, 6) is 0.714. The smallest absolute Gasteiger partial charge is 0.260 e. The Hall–Kier alpha value is -2.11. The largest absolute Gasteiger partial charge is 0.484 e. The fourth-order valence-corrected chi connectivity index (χ4v) is 3.63. The van der Waals surface area contributed by atoms with E-state index in [0.29, 0.717) is 19.0 Å². The number of hydrogen-bond donors (Lipinski definition) is 0. The third-order valence-corrected chi connectivity index (χ3v) is 4.91. The maximum absolute atomic E-state index is 12.7. The summed E-state index contributed by atoms with van der Waals surface area (Å²) in [4.78, 5) is 14.6. The van der Waals surface area contributed by atoms with Crippen LogP contribution in [0.1, 0.15) is 19.3 Å². The van der Waals surface area contributed by atoms with Crippen LogP contribution in [0, 0.1) is 0 Å². The number of piperidine rings is 1. The highest BCUT2D eigenvalue weighted by atomic mass is 16.7. The first kappa shape index (κ1) is 16.4. The Morgan fingerprint density at radius 2 is 1.88 bits per heavy atom. The zero-order valence-electron chi connectivity index (χ0n) is 14.2. The van der Waals surface area contributed by atoms with Crippen LogP contribution in [0.4, 0.5) is 0 Å². The lowest BCUT2D eigenvalue weighted by Crippen LogP contribution is -2.51. The van der Waals surface area contributed by atoms with Gasteiger partial charge in [-0.1, -0.05) is 30.3 Å². The van der Waals surface area contributed by atoms with Crippen LogP contribution in [0.25, 0.3) is 10.8 Å². The molecular formula is C20H23NO4. The molecule has 1 atom stereocenters. The number of nitrogens with zero attached hydrogens (tertiary/aromatic N) is 1. The second kappa shape index (κ2) is 7.42. The van der Waals surface area contributed by atoms with Crippen molar-refractivity contribution in [2.45, 2.75) is 31.6 Å². The van der Waals surface area contributed by atoms with E-state index >= 15 is 0 Å². The predicted molar refractivity (Wildman–Crippen MR) is 94.5 cm³/mol. The van der Waals surface area contributed by atoms with Crippen LogP contribution >= 0.6 is 0 Å². The highest BCUT2D eigenvalue weighted by Gasteiger charge is 2.36. The third kappa shape index (κ3) is 3.62. The highest BCUT2D eigenvalue weighted by Crippen LogP contribution is 2.25. The molecule has 5 heteroatoms. The number of hydrogen-bond acceptors (Lipinski definition) is 4. The summed E-state index contributed by atoms with van der Waals surface area (Å²) in [6.07, 6.45) is 2.76. The first-order valence-corrected chi connectivity index (χ1v) is 8.95. The molecule has 1 amide bonds. The van der Waals surface area contributed by atoms with Gasteiger partial charge in [-0.25, -0.2) is 0 Å². The van der Waals surface area contributed by atoms with Gasteiger partial charge in [-0.2, -0.15) is 0 Å². The second-order valence-electron chi connectivity index (χ2n) is 6.56. The molecule has 25 heavy (non-hydrogen) atoms. The van der Waals surface area contributed by atoms with Crippen LogP contribution in [-0.2, 0) is 14.3 Å². The van der Waals surface area contributed by atoms with Gasteiger partial charge in [0.05, 0.1) is 19.3 Å². The average Bonchev–Trinajstić information content (AvgIpc) is 3.20. The number of amides is 1. The van der Waals surface area contributed by atoms with Gasteiger partial charge in [-0.15, -0.1) is 0 Å². The lowest BCUT2D eigenvalue weighted by molar-refractivity contribution is -0.152. The van der Waals surface area contributed by atoms with E-state index in [1.54, 1.807) is 0 Å². The van der Waals surface area contributed by atoms with Crippen molar-refractivity contribution < 1.29 is 19.0 Å². The molecule has 2 heterocycles. The Kier molecular flexibility index (Phi) is 4.85. The molecule has 132 valence electrons. The average molecular weight is 341 g/mol. The molecule has 2 aromatic carbocycles. The molecule has 2 aromatic rings. The molecule has 4 rings (SSSR count). The molecule has 0 bridgehead atoms. The van der Waals surface area contributed by atoms with Crippen molar-refractivity contribution in [2.75, 3.05) is 26.4 Å². The van der Waals surface area contributed by atoms with Crippen LogP contribution in [-0.4, -0.2) is 49.5 Å². The van der Waals surface area contributed by atoms with E-state index in [1.165, 1.54) is 0 Å². The molecule has 0 unspecified atom stereocenters. The Labute approximate surface area is 147 Å². The maximum atomic E-state index is 12.7. The van der Waals surface area contributed by atoms with E-state index in [-0.39, 0.29) is 24.8 Å². The molecule has 0 saturated carbocycles. The summed E-state index contributed by atoms with van der Waals surface area (Å²) >= 11 is 0. The predicted octanol–water partition coefficient (Wildman–Crippen LogP) is 2.97. The van der Waals surface area contributed by atoms with Crippen molar-refractivity contribution in [1.82, 2.24) is 4.90 Å². The molecule has 0 N–H and O–H groups in total. The molecule has 0 aliphatic carbocycles. The molecule has 0 spiro atoms. The first-order valence-electron chi connectivity index (χ1n) is 8.95. The minimum atomic E-state index is -0.287. The van der Waals surface area contributed by atoms with Gasteiger partial charge in [0.25, 0.3) is 5.91 Å². The van der Waals surface area contributed by atoms with Crippen molar-refractivity contribution in [3.05, 3.63) is 42.5 Å². The number of likely N-dealkylation sites (tertiary alicyclic amines) is 1. The van der Waals surface area contributed by atoms with Gasteiger partial charge in [-0.3, -0.25) is 4.79 Å². The maximum Gasteiger partial charge on any atom is 0.260 e. The normalized spacial score (nSPS) is 21.6. The van der Waals surface area contributed by atoms with E-state index in [0.717, 1.165) is 36.6 Å². The van der Waals surface area contributed by atoms with E-state index in [9.17, 15) is 4.79 Å². The fourth-order valence-electron chi connectivity index (χ4n) is 3.63. The van der Waals surface area contributed by atoms with Crippen LogP contribution in [0.2, 0.25) is 0 Å². The van der Waals surface area contributed by atoms with E-state index < -0.39 is 0 Å². The summed E-state index contributed by atoms with van der Waals surface area (Å²) < 4.78 is 17.0. The summed E-state index contributed by atoms with van der Waals surface area (Å²) in [6, 6.07) is 14.0. The van der Waals surface area contributed by atoms with E-state index in [4.69, 9.17) is 14.2 Å². The molecule has 2 aliphatic rings. The molecule has 0 aromatic heterocycles. The van der Waals surface area contributed by atoms with Crippen LogP contribution in [0.3, 0.4) is 0 Å². The second-order valence-corrected chi connectivity index (χ2v) is 6.56. The lowest BCUT2D eigenvalue weighted by atomic mass is 10.0. The molecule has 0 radical (unpaired) electrons. The standard InChI is InChI=1S/C20H23NO4/c22-19(21-10-4-3-7-18(21)20-23-11-12-24-20)14-25-17-9-8-15-5-1-2-6-16(15)13-17/h1-2,5-6,8-9,13,18,20H,3-4,7,10-12,14H2/t18-/m1/s1. The Bertz CT molecular complexity index is 741. The zero-order valence-corrected chi connectivity index (χ0v) is 14.2. The van der Waals surface area contributed by atoms with Gasteiger partial charge >= 0.3 is 0 Å². The summed E-state index contributed by atoms with van der Waals surface area (Å²) in [5, 5.41) is 2.27. The molecule has 2 aliphatic heterocycles. The number of carbonyl (C=O) groups excluding carboxylic acids is 1. The van der Waals surface area contributed by atoms with Crippen molar-refractivity contribution in [3.8, 4) is 5.75 Å². The van der Waals surface area contributed by atoms with Crippen LogP contribution in [0.5, 0.6) is 5.75 Å². The molecular weight excluding hydrogens is 318 g/mol. The quantitative estimate of drug-likeness (QED) is 0.858. The Morgan fingerprint density at radius 3 is 2.72 bits per heavy atom. The Morgan fingerprint density at radius 1 is 1.08 bits per heavy atom. The first-order chi connectivity index (χ1) is 12.3. The van der Waals surface area contributed by atoms with Gasteiger partial charge in [-0.05, 0) is 42.2 Å². The molecule has 5 nitrogen and oxygen atoms in total. The van der Waals surface area contributed by atoms with E-state index in [2.05, 4.69) is 6.07 Å². The van der Waals surface area contributed by atoms with Gasteiger partial charge in [0.2, 0.25) is 0 Å². The third-order valence-electron chi connectivity index (χ3n) is 4.91. The lowest BCUT2D eigenvalue weighted by Gasteiger charge is -2.37. The number of ether oxygens (including phenoxy) is 3. The van der Waals surface area contributed by atoms with Crippen LogP contribution < -0.4 is 4.74 Å². The highest BCUT2D eigenvalue weighted by molar-refractivity contribution is 5.84. The Balaban J connectivity index is 1.41. The topological polar surface area (TPSA) is 48.0 Å². The minimum Gasteiger partial charge on any atom is -0.484 e. The molecule has 2 fully saturated rings. The number of benzene rings is 2. The SMILES string of the molecule is O=C(COc1ccc2ccccc2c1)N1CCCC[C@@H]1C1OCCO1. The van der Waals surface area contributed by atoms with Crippen LogP contribution in [0.15, 0.2) is 42.5 Å². The van der Waals surface area contributed by atoms with Crippen molar-refractivity contribution in [1.29, 1.82) is 0 Å². The van der Waals surface area contributed by atoms with Gasteiger partial charge in [0.1, 0.15) is 5.75 Å². The minimum absolute atomic E-state index is 0.00282. The van der Waals surface area contributed by atoms with Gasteiger partial charge < -0.3 is 19.1 Å². The van der Waals surface area contributed by atoms with Gasteiger partial charge in [0.15, 0.2) is 12.9 Å². The van der Waals surface area contributed by atoms with Gasteiger partial charge in [0, 0.05) is 6.54 Å². The van der Waals surface area contributed by atoms with Crippen molar-refractivity contribution in [3.63, 3.8) is 0 Å². The molecule has 2 saturated heterocycles. The van der Waals surface area contributed by atoms with Crippen molar-refractivity contribution in [2.24, 2.45) is 0 Å².